The molecule has 0 radical (unpaired) electrons. The van der Waals surface area contributed by atoms with Gasteiger partial charge >= 0.3 is 6.03 Å². The quantitative estimate of drug-likeness (QED) is 0.871. The number of nitrogens with one attached hydrogen (secondary N) is 1. The van der Waals surface area contributed by atoms with E-state index in [-0.39, 0.29) is 30.1 Å². The average molecular weight is 349 g/mol. The van der Waals surface area contributed by atoms with Crippen LogP contribution in [0, 0.1) is 0 Å². The number of sulfone groups is 1. The van der Waals surface area contributed by atoms with Crippen molar-refractivity contribution in [3.63, 3.8) is 0 Å². The van der Waals surface area contributed by atoms with Gasteiger partial charge in [0.1, 0.15) is 6.33 Å². The Hall–Kier alpha value is -2.42. The highest BCUT2D eigenvalue weighted by atomic mass is 32.2. The lowest BCUT2D eigenvalue weighted by Crippen LogP contribution is -2.44. The van der Waals surface area contributed by atoms with Gasteiger partial charge in [0, 0.05) is 18.8 Å². The number of hydrogen-bond acceptors (Lipinski definition) is 5. The Balaban J connectivity index is 1.62. The van der Waals surface area contributed by atoms with Crippen molar-refractivity contribution in [3.05, 3.63) is 42.5 Å². The summed E-state index contributed by atoms with van der Waals surface area (Å²) >= 11 is 0. The fourth-order valence-electron chi connectivity index (χ4n) is 2.71. The topological polar surface area (TPSA) is 97.2 Å². The van der Waals surface area contributed by atoms with Crippen LogP contribution in [0.15, 0.2) is 36.7 Å². The third-order valence-electron chi connectivity index (χ3n) is 4.13. The second kappa shape index (κ2) is 6.60. The van der Waals surface area contributed by atoms with Crippen molar-refractivity contribution in [2.24, 2.45) is 0 Å². The van der Waals surface area contributed by atoms with Gasteiger partial charge in [0.15, 0.2) is 15.7 Å². The molecule has 9 heteroatoms. The summed E-state index contributed by atoms with van der Waals surface area (Å²) in [6.45, 7) is 0.206. The lowest BCUT2D eigenvalue weighted by Gasteiger charge is -2.23. The lowest BCUT2D eigenvalue weighted by atomic mass is 10.2. The second-order valence-corrected chi connectivity index (χ2v) is 8.01. The molecule has 1 aliphatic rings. The predicted molar refractivity (Wildman–Crippen MR) is 88.4 cm³/mol. The first-order chi connectivity index (χ1) is 11.5. The fraction of sp³-hybridized carbons (Fsp3) is 0.400. The van der Waals surface area contributed by atoms with E-state index in [4.69, 9.17) is 0 Å². The van der Waals surface area contributed by atoms with Gasteiger partial charge in [-0.3, -0.25) is 4.57 Å². The van der Waals surface area contributed by atoms with Crippen LogP contribution in [0.4, 0.5) is 4.79 Å². The molecular weight excluding hydrogens is 330 g/mol. The molecule has 2 amide bonds. The number of para-hydroxylation sites is 1. The number of amides is 2. The van der Waals surface area contributed by atoms with E-state index >= 15 is 0 Å². The summed E-state index contributed by atoms with van der Waals surface area (Å²) in [5.74, 6) is 0.761. The summed E-state index contributed by atoms with van der Waals surface area (Å²) in [5, 5.41) is 10.7. The van der Waals surface area contributed by atoms with E-state index < -0.39 is 9.84 Å². The van der Waals surface area contributed by atoms with E-state index in [1.165, 1.54) is 4.90 Å². The SMILES string of the molecule is CN(C(=O)NCc1nncn1-c1ccccc1)[C@@H]1CCS(=O)(=O)C1. The van der Waals surface area contributed by atoms with E-state index in [9.17, 15) is 13.2 Å². The van der Waals surface area contributed by atoms with Crippen molar-refractivity contribution < 1.29 is 13.2 Å². The van der Waals surface area contributed by atoms with Gasteiger partial charge in [0.25, 0.3) is 0 Å². The number of benzene rings is 1. The molecule has 3 rings (SSSR count). The van der Waals surface area contributed by atoms with Crippen LogP contribution < -0.4 is 5.32 Å². The van der Waals surface area contributed by atoms with Crippen molar-refractivity contribution >= 4 is 15.9 Å². The number of aromatic nitrogens is 3. The van der Waals surface area contributed by atoms with Gasteiger partial charge in [-0.2, -0.15) is 0 Å². The average Bonchev–Trinajstić information content (AvgIpc) is 3.18. The van der Waals surface area contributed by atoms with Crippen molar-refractivity contribution in [2.45, 2.75) is 19.0 Å². The monoisotopic (exact) mass is 349 g/mol. The molecule has 2 aromatic rings. The van der Waals surface area contributed by atoms with Gasteiger partial charge in [0.05, 0.1) is 18.1 Å². The molecule has 1 aromatic heterocycles. The van der Waals surface area contributed by atoms with Gasteiger partial charge in [-0.05, 0) is 18.6 Å². The van der Waals surface area contributed by atoms with E-state index in [1.807, 2.05) is 30.3 Å². The molecule has 8 nitrogen and oxygen atoms in total. The maximum Gasteiger partial charge on any atom is 0.317 e. The number of carbonyl (C=O) groups is 1. The molecule has 1 atom stereocenters. The molecule has 128 valence electrons. The lowest BCUT2D eigenvalue weighted by molar-refractivity contribution is 0.194. The minimum Gasteiger partial charge on any atom is -0.331 e. The summed E-state index contributed by atoms with van der Waals surface area (Å²) in [4.78, 5) is 13.7. The molecule has 0 unspecified atom stereocenters. The van der Waals surface area contributed by atoms with Crippen molar-refractivity contribution in [1.82, 2.24) is 25.0 Å². The molecule has 0 aliphatic carbocycles. The number of carbonyl (C=O) groups excluding carboxylic acids is 1. The second-order valence-electron chi connectivity index (χ2n) is 5.78. The van der Waals surface area contributed by atoms with E-state index in [0.717, 1.165) is 5.69 Å². The highest BCUT2D eigenvalue weighted by Crippen LogP contribution is 2.16. The van der Waals surface area contributed by atoms with Crippen LogP contribution in [-0.4, -0.2) is 58.7 Å². The zero-order chi connectivity index (χ0) is 17.2. The molecule has 1 N–H and O–H groups in total. The van der Waals surface area contributed by atoms with Crippen LogP contribution in [-0.2, 0) is 16.4 Å². The van der Waals surface area contributed by atoms with E-state index in [1.54, 1.807) is 17.9 Å². The smallest absolute Gasteiger partial charge is 0.317 e. The Morgan fingerprint density at radius 2 is 2.12 bits per heavy atom. The zero-order valence-electron chi connectivity index (χ0n) is 13.3. The fourth-order valence-corrected chi connectivity index (χ4v) is 4.48. The molecule has 24 heavy (non-hydrogen) atoms. The summed E-state index contributed by atoms with van der Waals surface area (Å²) in [6, 6.07) is 8.98. The summed E-state index contributed by atoms with van der Waals surface area (Å²) < 4.78 is 24.9. The maximum atomic E-state index is 12.2. The first-order valence-corrected chi connectivity index (χ1v) is 9.44. The van der Waals surface area contributed by atoms with Crippen molar-refractivity contribution in [1.29, 1.82) is 0 Å². The third kappa shape index (κ3) is 3.56. The molecular formula is C15H19N5O3S. The van der Waals surface area contributed by atoms with Crippen molar-refractivity contribution in [2.75, 3.05) is 18.6 Å². The van der Waals surface area contributed by atoms with E-state index in [0.29, 0.717) is 12.2 Å². The first-order valence-electron chi connectivity index (χ1n) is 7.62. The minimum atomic E-state index is -3.02. The van der Waals surface area contributed by atoms with Crippen LogP contribution in [0.3, 0.4) is 0 Å². The van der Waals surface area contributed by atoms with Gasteiger partial charge in [0.2, 0.25) is 0 Å². The molecule has 0 saturated carbocycles. The Labute approximate surface area is 140 Å². The molecule has 1 aliphatic heterocycles. The summed E-state index contributed by atoms with van der Waals surface area (Å²) in [7, 11) is -1.41. The first kappa shape index (κ1) is 16.4. The summed E-state index contributed by atoms with van der Waals surface area (Å²) in [5.41, 5.74) is 0.905. The van der Waals surface area contributed by atoms with Gasteiger partial charge in [-0.1, -0.05) is 18.2 Å². The third-order valence-corrected chi connectivity index (χ3v) is 5.88. The largest absolute Gasteiger partial charge is 0.331 e. The van der Waals surface area contributed by atoms with E-state index in [2.05, 4.69) is 15.5 Å². The summed E-state index contributed by atoms with van der Waals surface area (Å²) in [6.07, 6.45) is 2.07. The number of urea groups is 1. The Morgan fingerprint density at radius 1 is 1.38 bits per heavy atom. The van der Waals surface area contributed by atoms with Crippen molar-refractivity contribution in [3.8, 4) is 5.69 Å². The molecule has 1 fully saturated rings. The van der Waals surface area contributed by atoms with Gasteiger partial charge in [-0.15, -0.1) is 10.2 Å². The zero-order valence-corrected chi connectivity index (χ0v) is 14.1. The number of nitrogens with zero attached hydrogens (tertiary/aromatic N) is 4. The minimum absolute atomic E-state index is 0.0249. The molecule has 1 saturated heterocycles. The van der Waals surface area contributed by atoms with Crippen LogP contribution in [0.25, 0.3) is 5.69 Å². The van der Waals surface area contributed by atoms with Crippen LogP contribution in [0.2, 0.25) is 0 Å². The Morgan fingerprint density at radius 3 is 2.79 bits per heavy atom. The highest BCUT2D eigenvalue weighted by Gasteiger charge is 2.32. The maximum absolute atomic E-state index is 12.2. The Kier molecular flexibility index (Phi) is 4.52. The molecule has 2 heterocycles. The van der Waals surface area contributed by atoms with Crippen LogP contribution >= 0.6 is 0 Å². The predicted octanol–water partition coefficient (Wildman–Crippen LogP) is 0.596. The van der Waals surface area contributed by atoms with Gasteiger partial charge in [-0.25, -0.2) is 13.2 Å². The van der Waals surface area contributed by atoms with Crippen LogP contribution in [0.1, 0.15) is 12.2 Å². The Bertz CT molecular complexity index is 819. The number of hydrogen-bond donors (Lipinski definition) is 1. The molecule has 0 spiro atoms. The van der Waals surface area contributed by atoms with Gasteiger partial charge < -0.3 is 10.2 Å². The normalized spacial score (nSPS) is 19.1. The standard InChI is InChI=1S/C15H19N5O3S/c1-19(13-7-8-24(22,23)10-13)15(21)16-9-14-18-17-11-20(14)12-5-3-2-4-6-12/h2-6,11,13H,7-10H2,1H3,(H,16,21)/t13-/m1/s1. The molecule has 1 aromatic carbocycles. The number of rotatable bonds is 4. The highest BCUT2D eigenvalue weighted by molar-refractivity contribution is 7.91. The van der Waals surface area contributed by atoms with Crippen LogP contribution in [0.5, 0.6) is 0 Å². The molecule has 0 bridgehead atoms.